The van der Waals surface area contributed by atoms with Crippen LogP contribution in [0.3, 0.4) is 0 Å². The minimum absolute atomic E-state index is 0.214. The van der Waals surface area contributed by atoms with Gasteiger partial charge in [-0.15, -0.1) is 11.3 Å². The summed E-state index contributed by atoms with van der Waals surface area (Å²) in [5.41, 5.74) is 3.82. The van der Waals surface area contributed by atoms with E-state index < -0.39 is 0 Å². The number of rotatable bonds is 5. The van der Waals surface area contributed by atoms with Gasteiger partial charge in [0.15, 0.2) is 0 Å². The van der Waals surface area contributed by atoms with Gasteiger partial charge in [-0.25, -0.2) is 4.98 Å². The molecule has 18 heavy (non-hydrogen) atoms. The average Bonchev–Trinajstić information content (AvgIpc) is 2.82. The van der Waals surface area contributed by atoms with Crippen molar-refractivity contribution >= 4 is 11.3 Å². The van der Waals surface area contributed by atoms with Crippen molar-refractivity contribution in [2.75, 3.05) is 6.54 Å². The van der Waals surface area contributed by atoms with Gasteiger partial charge in [0.2, 0.25) is 0 Å². The Morgan fingerprint density at radius 1 is 1.33 bits per heavy atom. The molecule has 1 aromatic carbocycles. The fraction of sp³-hybridized carbons (Fsp3) is 0.400. The molecule has 2 aromatic rings. The van der Waals surface area contributed by atoms with E-state index in [0.717, 1.165) is 23.7 Å². The van der Waals surface area contributed by atoms with E-state index in [2.05, 4.69) is 60.7 Å². The Balaban J connectivity index is 2.34. The average molecular weight is 260 g/mol. The van der Waals surface area contributed by atoms with Crippen LogP contribution in [-0.2, 0) is 6.42 Å². The van der Waals surface area contributed by atoms with Crippen LogP contribution < -0.4 is 5.32 Å². The van der Waals surface area contributed by atoms with Gasteiger partial charge in [-0.1, -0.05) is 38.1 Å². The summed E-state index contributed by atoms with van der Waals surface area (Å²) in [7, 11) is 0. The van der Waals surface area contributed by atoms with Crippen molar-refractivity contribution in [3.63, 3.8) is 0 Å². The van der Waals surface area contributed by atoms with Gasteiger partial charge in [-0.2, -0.15) is 0 Å². The van der Waals surface area contributed by atoms with Gasteiger partial charge < -0.3 is 5.32 Å². The first-order valence-corrected chi connectivity index (χ1v) is 7.36. The number of nitrogens with one attached hydrogen (secondary N) is 1. The predicted molar refractivity (Wildman–Crippen MR) is 78.2 cm³/mol. The quantitative estimate of drug-likeness (QED) is 0.886. The van der Waals surface area contributed by atoms with Gasteiger partial charge in [-0.05, 0) is 31.0 Å². The lowest BCUT2D eigenvalue weighted by Crippen LogP contribution is -2.22. The minimum Gasteiger partial charge on any atom is -0.305 e. The maximum Gasteiger partial charge on any atom is 0.0898 e. The van der Waals surface area contributed by atoms with Crippen molar-refractivity contribution < 1.29 is 0 Å². The number of hydrogen-bond donors (Lipinski definition) is 1. The van der Waals surface area contributed by atoms with Crippen molar-refractivity contribution in [2.24, 2.45) is 0 Å². The molecule has 1 heterocycles. The van der Waals surface area contributed by atoms with Crippen LogP contribution in [0, 0.1) is 6.92 Å². The summed E-state index contributed by atoms with van der Waals surface area (Å²) in [5.74, 6) is 0. The smallest absolute Gasteiger partial charge is 0.0898 e. The molecule has 96 valence electrons. The molecule has 1 atom stereocenters. The third-order valence-corrected chi connectivity index (χ3v) is 3.83. The maximum atomic E-state index is 4.62. The maximum absolute atomic E-state index is 4.62. The largest absolute Gasteiger partial charge is 0.305 e. The van der Waals surface area contributed by atoms with E-state index in [1.807, 2.05) is 0 Å². The van der Waals surface area contributed by atoms with Gasteiger partial charge in [-0.3, -0.25) is 0 Å². The van der Waals surface area contributed by atoms with Gasteiger partial charge in [0.05, 0.1) is 16.7 Å². The molecule has 2 nitrogen and oxygen atoms in total. The Bertz CT molecular complexity index is 505. The third-order valence-electron chi connectivity index (χ3n) is 3.03. The lowest BCUT2D eigenvalue weighted by atomic mass is 10.0. The van der Waals surface area contributed by atoms with Crippen LogP contribution in [-0.4, -0.2) is 11.5 Å². The molecule has 1 unspecified atom stereocenters. The van der Waals surface area contributed by atoms with E-state index >= 15 is 0 Å². The molecule has 1 N–H and O–H groups in total. The van der Waals surface area contributed by atoms with Gasteiger partial charge in [0, 0.05) is 5.38 Å². The number of nitrogens with zero attached hydrogens (tertiary/aromatic N) is 1. The zero-order valence-corrected chi connectivity index (χ0v) is 12.1. The molecule has 1 aromatic heterocycles. The number of benzene rings is 1. The van der Waals surface area contributed by atoms with Crippen LogP contribution in [0.4, 0.5) is 0 Å². The summed E-state index contributed by atoms with van der Waals surface area (Å²) in [6.45, 7) is 7.32. The second-order valence-corrected chi connectivity index (χ2v) is 5.44. The molecule has 0 saturated carbocycles. The van der Waals surface area contributed by atoms with Gasteiger partial charge in [0.25, 0.3) is 0 Å². The Labute approximate surface area is 113 Å². The molecule has 0 spiro atoms. The lowest BCUT2D eigenvalue weighted by Gasteiger charge is -2.17. The second-order valence-electron chi connectivity index (χ2n) is 4.38. The van der Waals surface area contributed by atoms with Crippen molar-refractivity contribution in [1.82, 2.24) is 10.3 Å². The van der Waals surface area contributed by atoms with E-state index in [1.165, 1.54) is 11.1 Å². The zero-order chi connectivity index (χ0) is 13.0. The zero-order valence-electron chi connectivity index (χ0n) is 11.2. The molecule has 0 aliphatic rings. The number of aryl methyl sites for hydroxylation is 2. The Morgan fingerprint density at radius 3 is 2.78 bits per heavy atom. The normalized spacial score (nSPS) is 12.6. The van der Waals surface area contributed by atoms with E-state index in [4.69, 9.17) is 0 Å². The number of aromatic nitrogens is 1. The molecular formula is C15H20N2S. The van der Waals surface area contributed by atoms with E-state index in [0.29, 0.717) is 0 Å². The van der Waals surface area contributed by atoms with E-state index in [9.17, 15) is 0 Å². The van der Waals surface area contributed by atoms with Crippen LogP contribution in [0.1, 0.15) is 41.7 Å². The highest BCUT2D eigenvalue weighted by Gasteiger charge is 2.15. The fourth-order valence-corrected chi connectivity index (χ4v) is 2.74. The Morgan fingerprint density at radius 2 is 2.17 bits per heavy atom. The van der Waals surface area contributed by atoms with Crippen LogP contribution in [0.5, 0.6) is 0 Å². The molecule has 0 bridgehead atoms. The van der Waals surface area contributed by atoms with Crippen LogP contribution in [0.15, 0.2) is 29.6 Å². The SMILES string of the molecule is CCNC(c1cccc(CC)c1)c1csc(C)n1. The molecular weight excluding hydrogens is 240 g/mol. The van der Waals surface area contributed by atoms with Crippen molar-refractivity contribution in [2.45, 2.75) is 33.2 Å². The van der Waals surface area contributed by atoms with E-state index in [-0.39, 0.29) is 6.04 Å². The van der Waals surface area contributed by atoms with Crippen LogP contribution in [0.25, 0.3) is 0 Å². The highest BCUT2D eigenvalue weighted by Crippen LogP contribution is 2.24. The van der Waals surface area contributed by atoms with Crippen molar-refractivity contribution in [3.8, 4) is 0 Å². The number of hydrogen-bond acceptors (Lipinski definition) is 3. The van der Waals surface area contributed by atoms with Crippen molar-refractivity contribution in [1.29, 1.82) is 0 Å². The fourth-order valence-electron chi connectivity index (χ4n) is 2.10. The molecule has 0 amide bonds. The summed E-state index contributed by atoms with van der Waals surface area (Å²) in [4.78, 5) is 4.62. The second kappa shape index (κ2) is 6.12. The molecule has 0 aliphatic carbocycles. The molecule has 0 saturated heterocycles. The molecule has 0 aliphatic heterocycles. The highest BCUT2D eigenvalue weighted by atomic mass is 32.1. The number of thiazole rings is 1. The molecule has 2 rings (SSSR count). The van der Waals surface area contributed by atoms with Gasteiger partial charge >= 0.3 is 0 Å². The first kappa shape index (κ1) is 13.2. The summed E-state index contributed by atoms with van der Waals surface area (Å²) >= 11 is 1.71. The Kier molecular flexibility index (Phi) is 4.50. The summed E-state index contributed by atoms with van der Waals surface area (Å²) < 4.78 is 0. The Hall–Kier alpha value is -1.19. The summed E-state index contributed by atoms with van der Waals surface area (Å²) in [6, 6.07) is 8.99. The van der Waals surface area contributed by atoms with Gasteiger partial charge in [0.1, 0.15) is 0 Å². The highest BCUT2D eigenvalue weighted by molar-refractivity contribution is 7.09. The van der Waals surface area contributed by atoms with Crippen molar-refractivity contribution in [3.05, 3.63) is 51.5 Å². The monoisotopic (exact) mass is 260 g/mol. The lowest BCUT2D eigenvalue weighted by molar-refractivity contribution is 0.617. The van der Waals surface area contributed by atoms with Crippen LogP contribution >= 0.6 is 11.3 Å². The topological polar surface area (TPSA) is 24.9 Å². The molecule has 3 heteroatoms. The molecule has 0 radical (unpaired) electrons. The van der Waals surface area contributed by atoms with E-state index in [1.54, 1.807) is 11.3 Å². The third kappa shape index (κ3) is 2.98. The minimum atomic E-state index is 0.214. The summed E-state index contributed by atoms with van der Waals surface area (Å²) in [5, 5.41) is 6.80. The first-order chi connectivity index (χ1) is 8.74. The summed E-state index contributed by atoms with van der Waals surface area (Å²) in [6.07, 6.45) is 1.07. The predicted octanol–water partition coefficient (Wildman–Crippen LogP) is 3.71. The first-order valence-electron chi connectivity index (χ1n) is 6.48. The molecule has 0 fully saturated rings. The standard InChI is InChI=1S/C15H20N2S/c1-4-12-7-6-8-13(9-12)15(16-5-2)14-10-18-11(3)17-14/h6-10,15-16H,4-5H2,1-3H3. The van der Waals surface area contributed by atoms with Crippen LogP contribution in [0.2, 0.25) is 0 Å².